The molecule has 0 aliphatic carbocycles. The second-order valence-corrected chi connectivity index (χ2v) is 5.05. The molecule has 108 valence electrons. The molecular weight excluding hydrogens is 303 g/mol. The minimum atomic E-state index is -4.53. The first-order valence-corrected chi connectivity index (χ1v) is 6.43. The zero-order valence-corrected chi connectivity index (χ0v) is 11.5. The average molecular weight is 312 g/mol. The van der Waals surface area contributed by atoms with Crippen molar-refractivity contribution in [1.29, 1.82) is 0 Å². The number of aromatic amines is 1. The second-order valence-electron chi connectivity index (χ2n) is 4.61. The van der Waals surface area contributed by atoms with Gasteiger partial charge < -0.3 is 0 Å². The van der Waals surface area contributed by atoms with Crippen LogP contribution in [0.5, 0.6) is 0 Å². The Morgan fingerprint density at radius 2 is 1.95 bits per heavy atom. The van der Waals surface area contributed by atoms with Gasteiger partial charge in [-0.3, -0.25) is 10.1 Å². The van der Waals surface area contributed by atoms with Crippen LogP contribution in [0.25, 0.3) is 22.2 Å². The second kappa shape index (κ2) is 4.73. The zero-order chi connectivity index (χ0) is 15.2. The number of hydrogen-bond acceptors (Lipinski definition) is 2. The molecule has 0 saturated heterocycles. The van der Waals surface area contributed by atoms with E-state index in [2.05, 4.69) is 15.2 Å². The van der Waals surface area contributed by atoms with Crippen LogP contribution in [0.4, 0.5) is 13.2 Å². The lowest BCUT2D eigenvalue weighted by Gasteiger charge is -2.08. The standard InChI is InChI=1S/C14H9ClF3N3/c1-7-5-10-11(13(21-20-10)14(16,17)18)12(19-7)8-3-2-4-9(15)6-8/h2-6H,1H3,(H,20,21). The van der Waals surface area contributed by atoms with Gasteiger partial charge >= 0.3 is 6.18 Å². The Morgan fingerprint density at radius 1 is 1.19 bits per heavy atom. The Bertz CT molecular complexity index is 824. The first kappa shape index (κ1) is 13.9. The van der Waals surface area contributed by atoms with Crippen LogP contribution in [-0.4, -0.2) is 15.2 Å². The molecule has 3 rings (SSSR count). The van der Waals surface area contributed by atoms with Gasteiger partial charge in [-0.2, -0.15) is 18.3 Å². The van der Waals surface area contributed by atoms with E-state index in [1.807, 2.05) is 0 Å². The molecule has 0 aliphatic heterocycles. The Hall–Kier alpha value is -2.08. The molecule has 21 heavy (non-hydrogen) atoms. The fourth-order valence-electron chi connectivity index (χ4n) is 2.21. The van der Waals surface area contributed by atoms with Crippen molar-refractivity contribution < 1.29 is 13.2 Å². The first-order chi connectivity index (χ1) is 9.86. The van der Waals surface area contributed by atoms with Crippen LogP contribution in [-0.2, 0) is 6.18 Å². The van der Waals surface area contributed by atoms with Gasteiger partial charge in [0.1, 0.15) is 5.69 Å². The fraction of sp³-hybridized carbons (Fsp3) is 0.143. The lowest BCUT2D eigenvalue weighted by Crippen LogP contribution is -2.06. The molecule has 0 bridgehead atoms. The Kier molecular flexibility index (Phi) is 3.13. The highest BCUT2D eigenvalue weighted by Gasteiger charge is 2.36. The van der Waals surface area contributed by atoms with Crippen molar-refractivity contribution in [2.75, 3.05) is 0 Å². The molecule has 0 saturated carbocycles. The predicted molar refractivity (Wildman–Crippen MR) is 74.1 cm³/mol. The van der Waals surface area contributed by atoms with Gasteiger partial charge in [-0.25, -0.2) is 0 Å². The number of alkyl halides is 3. The molecule has 0 unspecified atom stereocenters. The van der Waals surface area contributed by atoms with Gasteiger partial charge in [0.15, 0.2) is 0 Å². The number of aromatic nitrogens is 3. The Balaban J connectivity index is 2.38. The molecule has 3 aromatic rings. The summed E-state index contributed by atoms with van der Waals surface area (Å²) >= 11 is 5.92. The third-order valence-electron chi connectivity index (χ3n) is 3.05. The minimum Gasteiger partial charge on any atom is -0.272 e. The van der Waals surface area contributed by atoms with Crippen LogP contribution >= 0.6 is 11.6 Å². The number of nitrogens with one attached hydrogen (secondary N) is 1. The van der Waals surface area contributed by atoms with E-state index in [9.17, 15) is 13.2 Å². The number of pyridine rings is 1. The minimum absolute atomic E-state index is 0.0460. The lowest BCUT2D eigenvalue weighted by molar-refractivity contribution is -0.139. The molecule has 0 amide bonds. The van der Waals surface area contributed by atoms with Gasteiger partial charge in [-0.15, -0.1) is 0 Å². The summed E-state index contributed by atoms with van der Waals surface area (Å²) in [7, 11) is 0. The van der Waals surface area contributed by atoms with E-state index in [0.717, 1.165) is 0 Å². The molecule has 2 heterocycles. The summed E-state index contributed by atoms with van der Waals surface area (Å²) in [5, 5.41) is 6.18. The zero-order valence-electron chi connectivity index (χ0n) is 10.8. The van der Waals surface area contributed by atoms with Gasteiger partial charge in [0.05, 0.1) is 16.6 Å². The van der Waals surface area contributed by atoms with Crippen molar-refractivity contribution in [3.05, 3.63) is 46.7 Å². The largest absolute Gasteiger partial charge is 0.433 e. The van der Waals surface area contributed by atoms with E-state index < -0.39 is 11.9 Å². The van der Waals surface area contributed by atoms with Gasteiger partial charge in [-0.1, -0.05) is 23.7 Å². The van der Waals surface area contributed by atoms with E-state index in [1.165, 1.54) is 6.07 Å². The number of rotatable bonds is 1. The van der Waals surface area contributed by atoms with Crippen LogP contribution in [0, 0.1) is 6.92 Å². The van der Waals surface area contributed by atoms with Crippen molar-refractivity contribution in [1.82, 2.24) is 15.2 Å². The molecule has 3 nitrogen and oxygen atoms in total. The highest BCUT2D eigenvalue weighted by atomic mass is 35.5. The number of halogens is 4. The molecule has 0 aliphatic rings. The summed E-state index contributed by atoms with van der Waals surface area (Å²) < 4.78 is 39.3. The van der Waals surface area contributed by atoms with E-state index in [0.29, 0.717) is 16.3 Å². The molecule has 1 aromatic carbocycles. The summed E-state index contributed by atoms with van der Waals surface area (Å²) in [5.74, 6) is 0. The van der Waals surface area contributed by atoms with E-state index in [4.69, 9.17) is 11.6 Å². The number of aryl methyl sites for hydroxylation is 1. The van der Waals surface area contributed by atoms with E-state index in [1.54, 1.807) is 31.2 Å². The highest BCUT2D eigenvalue weighted by molar-refractivity contribution is 6.30. The maximum Gasteiger partial charge on any atom is 0.433 e. The molecule has 0 atom stereocenters. The van der Waals surface area contributed by atoms with Crippen molar-refractivity contribution >= 4 is 22.5 Å². The van der Waals surface area contributed by atoms with Gasteiger partial charge in [0.2, 0.25) is 0 Å². The van der Waals surface area contributed by atoms with Crippen LogP contribution in [0.15, 0.2) is 30.3 Å². The fourth-order valence-corrected chi connectivity index (χ4v) is 2.40. The summed E-state index contributed by atoms with van der Waals surface area (Å²) in [6.07, 6.45) is -4.53. The molecule has 0 radical (unpaired) electrons. The van der Waals surface area contributed by atoms with Gasteiger partial charge in [-0.05, 0) is 25.1 Å². The SMILES string of the molecule is Cc1cc2n[nH]c(C(F)(F)F)c2c(-c2cccc(Cl)c2)n1. The van der Waals surface area contributed by atoms with Crippen LogP contribution in [0.1, 0.15) is 11.4 Å². The van der Waals surface area contributed by atoms with Crippen LogP contribution in [0.3, 0.4) is 0 Å². The number of nitrogens with zero attached hydrogens (tertiary/aromatic N) is 2. The predicted octanol–water partition coefficient (Wildman–Crippen LogP) is 4.61. The van der Waals surface area contributed by atoms with E-state index in [-0.39, 0.29) is 16.6 Å². The summed E-state index contributed by atoms with van der Waals surface area (Å²) in [4.78, 5) is 4.24. The van der Waals surface area contributed by atoms with Crippen molar-refractivity contribution in [3.8, 4) is 11.3 Å². The smallest absolute Gasteiger partial charge is 0.272 e. The summed E-state index contributed by atoms with van der Waals surface area (Å²) in [6.45, 7) is 1.70. The molecule has 0 spiro atoms. The number of H-pyrrole nitrogens is 1. The molecular formula is C14H9ClF3N3. The quantitative estimate of drug-likeness (QED) is 0.713. The maximum absolute atomic E-state index is 13.1. The third-order valence-corrected chi connectivity index (χ3v) is 3.28. The van der Waals surface area contributed by atoms with Crippen molar-refractivity contribution in [2.24, 2.45) is 0 Å². The summed E-state index contributed by atoms with van der Waals surface area (Å²) in [6, 6.07) is 8.07. The number of fused-ring (bicyclic) bond motifs is 1. The Labute approximate surface area is 122 Å². The topological polar surface area (TPSA) is 41.6 Å². The monoisotopic (exact) mass is 311 g/mol. The first-order valence-electron chi connectivity index (χ1n) is 6.05. The molecule has 0 fully saturated rings. The van der Waals surface area contributed by atoms with Gasteiger partial charge in [0, 0.05) is 16.3 Å². The lowest BCUT2D eigenvalue weighted by atomic mass is 10.1. The maximum atomic E-state index is 13.1. The molecule has 7 heteroatoms. The number of benzene rings is 1. The normalized spacial score (nSPS) is 12.0. The van der Waals surface area contributed by atoms with E-state index >= 15 is 0 Å². The third kappa shape index (κ3) is 2.47. The number of hydrogen-bond donors (Lipinski definition) is 1. The van der Waals surface area contributed by atoms with Crippen LogP contribution < -0.4 is 0 Å². The summed E-state index contributed by atoms with van der Waals surface area (Å²) in [5.41, 5.74) is 0.638. The van der Waals surface area contributed by atoms with Crippen LogP contribution in [0.2, 0.25) is 5.02 Å². The highest BCUT2D eigenvalue weighted by Crippen LogP contribution is 2.38. The van der Waals surface area contributed by atoms with Crippen molar-refractivity contribution in [3.63, 3.8) is 0 Å². The Morgan fingerprint density at radius 3 is 2.62 bits per heavy atom. The average Bonchev–Trinajstić information content (AvgIpc) is 2.81. The molecule has 2 aromatic heterocycles. The van der Waals surface area contributed by atoms with Crippen molar-refractivity contribution in [2.45, 2.75) is 13.1 Å². The molecule has 1 N–H and O–H groups in total. The van der Waals surface area contributed by atoms with Gasteiger partial charge in [0.25, 0.3) is 0 Å².